The number of piperidine rings is 1. The number of carbonyl (C=O) groups is 1. The number of aromatic nitrogens is 3. The van der Waals surface area contributed by atoms with E-state index in [1.807, 2.05) is 22.3 Å². The summed E-state index contributed by atoms with van der Waals surface area (Å²) in [5.41, 5.74) is 0. The Morgan fingerprint density at radius 1 is 1.38 bits per heavy atom. The van der Waals surface area contributed by atoms with Gasteiger partial charge in [-0.25, -0.2) is 4.98 Å². The van der Waals surface area contributed by atoms with Gasteiger partial charge in [-0.15, -0.1) is 11.3 Å². The number of likely N-dealkylation sites (tertiary alicyclic amines) is 1. The molecule has 1 atom stereocenters. The van der Waals surface area contributed by atoms with Crippen molar-refractivity contribution < 1.29 is 4.79 Å². The zero-order valence-corrected chi connectivity index (χ0v) is 12.8. The molecule has 1 fully saturated rings. The normalized spacial score (nSPS) is 18.9. The summed E-state index contributed by atoms with van der Waals surface area (Å²) in [5, 5.41) is 7.27. The lowest BCUT2D eigenvalue weighted by Crippen LogP contribution is -2.46. The third-order valence-corrected chi connectivity index (χ3v) is 4.78. The Hall–Kier alpha value is -1.69. The summed E-state index contributed by atoms with van der Waals surface area (Å²) in [4.78, 5) is 18.8. The van der Waals surface area contributed by atoms with Gasteiger partial charge < -0.3 is 4.90 Å². The number of aryl methyl sites for hydroxylation is 1. The van der Waals surface area contributed by atoms with E-state index in [2.05, 4.69) is 15.0 Å². The van der Waals surface area contributed by atoms with Crippen molar-refractivity contribution in [3.05, 3.63) is 35.0 Å². The smallest absolute Gasteiger partial charge is 0.223 e. The Morgan fingerprint density at radius 3 is 3.10 bits per heavy atom. The van der Waals surface area contributed by atoms with E-state index < -0.39 is 0 Å². The van der Waals surface area contributed by atoms with Crippen LogP contribution in [0, 0.1) is 0 Å². The Bertz CT molecular complexity index is 552. The average molecular weight is 304 g/mol. The monoisotopic (exact) mass is 304 g/mol. The molecule has 2 aromatic heterocycles. The van der Waals surface area contributed by atoms with Crippen molar-refractivity contribution in [3.8, 4) is 0 Å². The minimum absolute atomic E-state index is 0.252. The molecule has 0 unspecified atom stereocenters. The van der Waals surface area contributed by atoms with Crippen LogP contribution in [0.15, 0.2) is 30.0 Å². The number of thiazole rings is 1. The molecule has 0 spiro atoms. The van der Waals surface area contributed by atoms with Crippen LogP contribution in [0.5, 0.6) is 0 Å². The largest absolute Gasteiger partial charge is 0.338 e. The fourth-order valence-electron chi connectivity index (χ4n) is 2.88. The summed E-state index contributed by atoms with van der Waals surface area (Å²) >= 11 is 1.62. The Kier molecular flexibility index (Phi) is 4.65. The zero-order valence-electron chi connectivity index (χ0n) is 12.0. The van der Waals surface area contributed by atoms with Gasteiger partial charge in [-0.1, -0.05) is 0 Å². The van der Waals surface area contributed by atoms with Crippen molar-refractivity contribution in [1.29, 1.82) is 0 Å². The number of rotatable bonds is 5. The molecule has 3 rings (SSSR count). The van der Waals surface area contributed by atoms with Crippen molar-refractivity contribution in [3.63, 3.8) is 0 Å². The second-order valence-corrected chi connectivity index (χ2v) is 6.37. The Balaban J connectivity index is 1.58. The van der Waals surface area contributed by atoms with Crippen molar-refractivity contribution in [2.75, 3.05) is 6.54 Å². The summed E-state index contributed by atoms with van der Waals surface area (Å²) in [6, 6.07) is 2.21. The lowest BCUT2D eigenvalue weighted by Gasteiger charge is -2.35. The fraction of sp³-hybridized carbons (Fsp3) is 0.533. The summed E-state index contributed by atoms with van der Waals surface area (Å²) in [7, 11) is 0. The Labute approximate surface area is 128 Å². The Morgan fingerprint density at radius 2 is 2.33 bits per heavy atom. The highest BCUT2D eigenvalue weighted by Gasteiger charge is 2.26. The first kappa shape index (κ1) is 14.3. The number of carbonyl (C=O) groups excluding carboxylic acids is 1. The van der Waals surface area contributed by atoms with Gasteiger partial charge in [0.15, 0.2) is 0 Å². The maximum atomic E-state index is 12.5. The van der Waals surface area contributed by atoms with Gasteiger partial charge in [-0.3, -0.25) is 9.48 Å². The maximum absolute atomic E-state index is 12.5. The molecule has 2 aromatic rings. The molecule has 0 aliphatic carbocycles. The molecule has 0 N–H and O–H groups in total. The van der Waals surface area contributed by atoms with Crippen LogP contribution in [-0.4, -0.2) is 38.2 Å². The third-order valence-electron chi connectivity index (χ3n) is 3.94. The number of amides is 1. The standard InChI is InChI=1S/C15H20N4OS/c20-15(6-5-14-16-8-11-21-14)19-10-2-1-4-13(19)12-18-9-3-7-17-18/h3,7-9,11,13H,1-2,4-6,10,12H2/t13-/m1/s1. The van der Waals surface area contributed by atoms with Crippen LogP contribution in [0.1, 0.15) is 30.7 Å². The quantitative estimate of drug-likeness (QED) is 0.852. The van der Waals surface area contributed by atoms with Gasteiger partial charge in [-0.2, -0.15) is 5.10 Å². The van der Waals surface area contributed by atoms with Gasteiger partial charge in [0.05, 0.1) is 17.6 Å². The number of hydrogen-bond donors (Lipinski definition) is 0. The van der Waals surface area contributed by atoms with E-state index in [0.717, 1.165) is 37.4 Å². The molecule has 112 valence electrons. The molecule has 0 bridgehead atoms. The van der Waals surface area contributed by atoms with Crippen molar-refractivity contribution in [2.24, 2.45) is 0 Å². The summed E-state index contributed by atoms with van der Waals surface area (Å²) < 4.78 is 1.93. The number of hydrogen-bond acceptors (Lipinski definition) is 4. The first-order chi connectivity index (χ1) is 10.3. The highest BCUT2D eigenvalue weighted by molar-refractivity contribution is 7.09. The molecule has 0 saturated carbocycles. The lowest BCUT2D eigenvalue weighted by atomic mass is 10.0. The first-order valence-corrected chi connectivity index (χ1v) is 8.36. The predicted molar refractivity (Wildman–Crippen MR) is 82.0 cm³/mol. The molecule has 5 nitrogen and oxygen atoms in total. The van der Waals surface area contributed by atoms with Crippen molar-refractivity contribution in [1.82, 2.24) is 19.7 Å². The van der Waals surface area contributed by atoms with Crippen LogP contribution in [-0.2, 0) is 17.8 Å². The van der Waals surface area contributed by atoms with Crippen LogP contribution in [0.25, 0.3) is 0 Å². The van der Waals surface area contributed by atoms with E-state index in [1.54, 1.807) is 23.7 Å². The predicted octanol–water partition coefficient (Wildman–Crippen LogP) is 2.35. The molecule has 1 amide bonds. The first-order valence-electron chi connectivity index (χ1n) is 7.48. The molecule has 1 aliphatic rings. The fourth-order valence-corrected chi connectivity index (χ4v) is 3.50. The van der Waals surface area contributed by atoms with E-state index >= 15 is 0 Å². The molecule has 1 aliphatic heterocycles. The second kappa shape index (κ2) is 6.85. The molecule has 1 saturated heterocycles. The average Bonchev–Trinajstić information content (AvgIpc) is 3.18. The molecular weight excluding hydrogens is 284 g/mol. The highest BCUT2D eigenvalue weighted by atomic mass is 32.1. The molecule has 6 heteroatoms. The molecule has 0 radical (unpaired) electrons. The van der Waals surface area contributed by atoms with Crippen LogP contribution in [0.2, 0.25) is 0 Å². The van der Waals surface area contributed by atoms with Crippen LogP contribution < -0.4 is 0 Å². The molecule has 3 heterocycles. The highest BCUT2D eigenvalue weighted by Crippen LogP contribution is 2.20. The number of nitrogens with zero attached hydrogens (tertiary/aromatic N) is 4. The summed E-state index contributed by atoms with van der Waals surface area (Å²) in [6.07, 6.45) is 10.2. The minimum Gasteiger partial charge on any atom is -0.338 e. The van der Waals surface area contributed by atoms with Gasteiger partial charge >= 0.3 is 0 Å². The van der Waals surface area contributed by atoms with Crippen LogP contribution in [0.4, 0.5) is 0 Å². The topological polar surface area (TPSA) is 51.0 Å². The van der Waals surface area contributed by atoms with Crippen LogP contribution in [0.3, 0.4) is 0 Å². The van der Waals surface area contributed by atoms with E-state index in [4.69, 9.17) is 0 Å². The summed E-state index contributed by atoms with van der Waals surface area (Å²) in [6.45, 7) is 1.68. The van der Waals surface area contributed by atoms with Crippen LogP contribution >= 0.6 is 11.3 Å². The molecule has 0 aromatic carbocycles. The van der Waals surface area contributed by atoms with Gasteiger partial charge in [0.25, 0.3) is 0 Å². The lowest BCUT2D eigenvalue weighted by molar-refractivity contribution is -0.135. The second-order valence-electron chi connectivity index (χ2n) is 5.39. The van der Waals surface area contributed by atoms with Crippen molar-refractivity contribution in [2.45, 2.75) is 44.7 Å². The zero-order chi connectivity index (χ0) is 14.5. The van der Waals surface area contributed by atoms with E-state index in [-0.39, 0.29) is 11.9 Å². The van der Waals surface area contributed by atoms with Gasteiger partial charge in [-0.05, 0) is 25.3 Å². The van der Waals surface area contributed by atoms with Gasteiger partial charge in [0.1, 0.15) is 0 Å². The van der Waals surface area contributed by atoms with Crippen molar-refractivity contribution >= 4 is 17.2 Å². The minimum atomic E-state index is 0.252. The van der Waals surface area contributed by atoms with E-state index in [9.17, 15) is 4.79 Å². The van der Waals surface area contributed by atoms with Gasteiger partial charge in [0.2, 0.25) is 5.91 Å². The summed E-state index contributed by atoms with van der Waals surface area (Å²) in [5.74, 6) is 0.252. The molecule has 21 heavy (non-hydrogen) atoms. The SMILES string of the molecule is O=C(CCc1nccs1)N1CCCC[C@@H]1Cn1cccn1. The van der Waals surface area contributed by atoms with Gasteiger partial charge in [0, 0.05) is 43.4 Å². The van der Waals surface area contributed by atoms with E-state index in [1.165, 1.54) is 6.42 Å². The maximum Gasteiger partial charge on any atom is 0.223 e. The van der Waals surface area contributed by atoms with E-state index in [0.29, 0.717) is 6.42 Å². The molecular formula is C15H20N4OS. The third kappa shape index (κ3) is 3.69.